The van der Waals surface area contributed by atoms with Crippen molar-refractivity contribution in [2.75, 3.05) is 32.0 Å². The second-order valence-corrected chi connectivity index (χ2v) is 8.15. The summed E-state index contributed by atoms with van der Waals surface area (Å²) < 4.78 is 18.5. The lowest BCUT2D eigenvalue weighted by molar-refractivity contribution is -0.113. The predicted molar refractivity (Wildman–Crippen MR) is 135 cm³/mol. The van der Waals surface area contributed by atoms with Crippen LogP contribution in [0.1, 0.15) is 18.5 Å². The topological polar surface area (TPSA) is 86.6 Å². The highest BCUT2D eigenvalue weighted by Gasteiger charge is 2.36. The molecule has 2 N–H and O–H groups in total. The number of benzene rings is 3. The normalized spacial score (nSPS) is 14.8. The fraction of sp³-hybridized carbons (Fsp3) is 0.185. The van der Waals surface area contributed by atoms with Gasteiger partial charge in [0.15, 0.2) is 0 Å². The van der Waals surface area contributed by atoms with Crippen LogP contribution in [0, 0.1) is 0 Å². The van der Waals surface area contributed by atoms with E-state index in [1.54, 1.807) is 33.5 Å². The van der Waals surface area contributed by atoms with Gasteiger partial charge in [0.25, 0.3) is 5.91 Å². The Labute approximate surface area is 203 Å². The molecule has 8 heteroatoms. The van der Waals surface area contributed by atoms with Gasteiger partial charge in [0.05, 0.1) is 44.0 Å². The number of para-hydroxylation sites is 2. The van der Waals surface area contributed by atoms with Crippen LogP contribution in [0.25, 0.3) is 11.0 Å². The quantitative estimate of drug-likeness (QED) is 0.413. The molecule has 178 valence electrons. The highest BCUT2D eigenvalue weighted by molar-refractivity contribution is 6.06. The molecule has 0 aliphatic carbocycles. The third kappa shape index (κ3) is 3.93. The van der Waals surface area contributed by atoms with Crippen molar-refractivity contribution in [3.63, 3.8) is 0 Å². The predicted octanol–water partition coefficient (Wildman–Crippen LogP) is 4.99. The zero-order valence-electron chi connectivity index (χ0n) is 20.0. The molecule has 4 aromatic rings. The number of nitrogens with zero attached hydrogens (tertiary/aromatic N) is 2. The molecule has 8 nitrogen and oxygen atoms in total. The van der Waals surface area contributed by atoms with E-state index in [2.05, 4.69) is 10.6 Å². The number of allylic oxidation sites excluding steroid dienone is 1. The maximum atomic E-state index is 13.8. The number of carbonyl (C=O) groups is 1. The molecule has 0 spiro atoms. The van der Waals surface area contributed by atoms with E-state index in [-0.39, 0.29) is 5.91 Å². The molecule has 0 saturated carbocycles. The summed E-state index contributed by atoms with van der Waals surface area (Å²) in [7, 11) is 4.84. The van der Waals surface area contributed by atoms with Gasteiger partial charge >= 0.3 is 0 Å². The van der Waals surface area contributed by atoms with Crippen LogP contribution in [-0.4, -0.2) is 36.8 Å². The summed E-state index contributed by atoms with van der Waals surface area (Å²) in [6, 6.07) is 20.2. The zero-order valence-corrected chi connectivity index (χ0v) is 20.0. The smallest absolute Gasteiger partial charge is 0.255 e. The van der Waals surface area contributed by atoms with Crippen LogP contribution in [0.4, 0.5) is 11.6 Å². The maximum Gasteiger partial charge on any atom is 0.255 e. The Morgan fingerprint density at radius 3 is 2.37 bits per heavy atom. The van der Waals surface area contributed by atoms with Crippen LogP contribution in [0.2, 0.25) is 0 Å². The van der Waals surface area contributed by atoms with Crippen molar-refractivity contribution in [1.82, 2.24) is 9.55 Å². The Balaban J connectivity index is 1.68. The molecular weight excluding hydrogens is 444 g/mol. The average molecular weight is 471 g/mol. The first kappa shape index (κ1) is 22.3. The van der Waals surface area contributed by atoms with E-state index in [1.807, 2.05) is 66.1 Å². The number of nitrogens with one attached hydrogen (secondary N) is 2. The van der Waals surface area contributed by atoms with E-state index in [0.717, 1.165) is 16.6 Å². The standard InChI is InChI=1S/C27H26N4O4/c1-16-24(26(32)29-17-9-11-18(33-2)12-10-17)25(20-15-19(34-3)13-14-23(20)35-4)31-22-8-6-5-7-21(22)30-27(31)28-16/h5-15,25H,1-4H3,(H,28,30)(H,29,32)/t25-/m0/s1. The number of ether oxygens (including phenoxy) is 3. The minimum atomic E-state index is -0.512. The van der Waals surface area contributed by atoms with Crippen LogP contribution >= 0.6 is 0 Å². The molecule has 5 rings (SSSR count). The molecule has 3 aromatic carbocycles. The summed E-state index contributed by atoms with van der Waals surface area (Å²) in [5.41, 5.74) is 4.42. The summed E-state index contributed by atoms with van der Waals surface area (Å²) in [6.45, 7) is 1.88. The van der Waals surface area contributed by atoms with Crippen LogP contribution in [0.3, 0.4) is 0 Å². The van der Waals surface area contributed by atoms with Gasteiger partial charge in [0.2, 0.25) is 5.95 Å². The lowest BCUT2D eigenvalue weighted by Gasteiger charge is -2.31. The summed E-state index contributed by atoms with van der Waals surface area (Å²) in [5, 5.41) is 6.36. The van der Waals surface area contributed by atoms with Crippen molar-refractivity contribution in [2.24, 2.45) is 0 Å². The van der Waals surface area contributed by atoms with Crippen LogP contribution in [0.5, 0.6) is 17.2 Å². The van der Waals surface area contributed by atoms with Gasteiger partial charge in [0, 0.05) is 16.9 Å². The molecule has 1 aliphatic rings. The van der Waals surface area contributed by atoms with Crippen LogP contribution < -0.4 is 24.8 Å². The van der Waals surface area contributed by atoms with Crippen molar-refractivity contribution in [3.05, 3.63) is 83.6 Å². The summed E-state index contributed by atoms with van der Waals surface area (Å²) >= 11 is 0. The Morgan fingerprint density at radius 2 is 1.66 bits per heavy atom. The Hall–Kier alpha value is -4.46. The number of rotatable bonds is 6. The summed E-state index contributed by atoms with van der Waals surface area (Å²) in [4.78, 5) is 18.6. The van der Waals surface area contributed by atoms with Crippen molar-refractivity contribution < 1.29 is 19.0 Å². The van der Waals surface area contributed by atoms with Crippen LogP contribution in [-0.2, 0) is 4.79 Å². The zero-order chi connectivity index (χ0) is 24.5. The molecular formula is C27H26N4O4. The number of amides is 1. The second-order valence-electron chi connectivity index (χ2n) is 8.15. The van der Waals surface area contributed by atoms with Gasteiger partial charge in [-0.25, -0.2) is 4.98 Å². The third-order valence-corrected chi connectivity index (χ3v) is 6.15. The highest BCUT2D eigenvalue weighted by Crippen LogP contribution is 2.43. The van der Waals surface area contributed by atoms with E-state index in [9.17, 15) is 4.79 Å². The van der Waals surface area contributed by atoms with E-state index in [0.29, 0.717) is 40.2 Å². The minimum Gasteiger partial charge on any atom is -0.497 e. The molecule has 0 radical (unpaired) electrons. The molecule has 35 heavy (non-hydrogen) atoms. The Kier molecular flexibility index (Phi) is 5.78. The number of carbonyl (C=O) groups excluding carboxylic acids is 1. The maximum absolute atomic E-state index is 13.8. The number of hydrogen-bond acceptors (Lipinski definition) is 6. The van der Waals surface area contributed by atoms with Gasteiger partial charge in [-0.1, -0.05) is 12.1 Å². The Morgan fingerprint density at radius 1 is 0.943 bits per heavy atom. The molecule has 0 saturated heterocycles. The van der Waals surface area contributed by atoms with E-state index in [4.69, 9.17) is 19.2 Å². The molecule has 1 amide bonds. The third-order valence-electron chi connectivity index (χ3n) is 6.15. The van der Waals surface area contributed by atoms with E-state index >= 15 is 0 Å². The molecule has 1 aliphatic heterocycles. The molecule has 1 atom stereocenters. The van der Waals surface area contributed by atoms with Gasteiger partial charge < -0.3 is 24.8 Å². The first-order chi connectivity index (χ1) is 17.0. The van der Waals surface area contributed by atoms with Crippen molar-refractivity contribution in [3.8, 4) is 17.2 Å². The Bertz CT molecular complexity index is 1440. The highest BCUT2D eigenvalue weighted by atomic mass is 16.5. The van der Waals surface area contributed by atoms with Gasteiger partial charge in [-0.3, -0.25) is 9.36 Å². The summed E-state index contributed by atoms with van der Waals surface area (Å²) in [6.07, 6.45) is 0. The molecule has 2 heterocycles. The SMILES string of the molecule is COc1ccc(NC(=O)C2=C(C)Nc3nc4ccccc4n3[C@H]2c2cc(OC)ccc2OC)cc1. The molecule has 1 aromatic heterocycles. The van der Waals surface area contributed by atoms with Crippen molar-refractivity contribution in [1.29, 1.82) is 0 Å². The number of fused-ring (bicyclic) bond motifs is 3. The monoisotopic (exact) mass is 470 g/mol. The molecule has 0 unspecified atom stereocenters. The lowest BCUT2D eigenvalue weighted by atomic mass is 9.93. The van der Waals surface area contributed by atoms with Gasteiger partial charge in [-0.2, -0.15) is 0 Å². The molecule has 0 bridgehead atoms. The fourth-order valence-corrected chi connectivity index (χ4v) is 4.48. The van der Waals surface area contributed by atoms with Crippen molar-refractivity contribution in [2.45, 2.75) is 13.0 Å². The number of methoxy groups -OCH3 is 3. The number of anilines is 2. The van der Waals surface area contributed by atoms with Gasteiger partial charge in [0.1, 0.15) is 17.2 Å². The first-order valence-electron chi connectivity index (χ1n) is 11.2. The van der Waals surface area contributed by atoms with Crippen LogP contribution in [0.15, 0.2) is 78.0 Å². The largest absolute Gasteiger partial charge is 0.497 e. The number of aromatic nitrogens is 2. The molecule has 0 fully saturated rings. The first-order valence-corrected chi connectivity index (χ1v) is 11.2. The lowest BCUT2D eigenvalue weighted by Crippen LogP contribution is -2.31. The number of imidazole rings is 1. The fourth-order valence-electron chi connectivity index (χ4n) is 4.48. The average Bonchev–Trinajstić information content (AvgIpc) is 3.25. The number of hydrogen-bond donors (Lipinski definition) is 2. The van der Waals surface area contributed by atoms with Crippen molar-refractivity contribution >= 4 is 28.6 Å². The summed E-state index contributed by atoms with van der Waals surface area (Å²) in [5.74, 6) is 2.44. The van der Waals surface area contributed by atoms with E-state index < -0.39 is 6.04 Å². The second kappa shape index (κ2) is 9.06. The van der Waals surface area contributed by atoms with Gasteiger partial charge in [-0.15, -0.1) is 0 Å². The minimum absolute atomic E-state index is 0.238. The van der Waals surface area contributed by atoms with E-state index in [1.165, 1.54) is 0 Å². The van der Waals surface area contributed by atoms with Gasteiger partial charge in [-0.05, 0) is 61.5 Å².